The van der Waals surface area contributed by atoms with Gasteiger partial charge in [-0.15, -0.1) is 12.4 Å². The zero-order chi connectivity index (χ0) is 18.7. The van der Waals surface area contributed by atoms with Gasteiger partial charge in [-0.3, -0.25) is 9.69 Å². The van der Waals surface area contributed by atoms with Crippen LogP contribution in [0.15, 0.2) is 24.3 Å². The molecule has 1 aromatic carbocycles. The molecule has 2 fully saturated rings. The Morgan fingerprint density at radius 2 is 1.74 bits per heavy atom. The van der Waals surface area contributed by atoms with Crippen molar-refractivity contribution >= 4 is 28.3 Å². The summed E-state index contributed by atoms with van der Waals surface area (Å²) in [5, 5.41) is 0. The second-order valence-electron chi connectivity index (χ2n) is 7.19. The highest BCUT2D eigenvalue weighted by Gasteiger charge is 2.33. The van der Waals surface area contributed by atoms with Crippen molar-refractivity contribution < 1.29 is 17.6 Å². The molecular formula is C18H27ClFN3O3S. The van der Waals surface area contributed by atoms with Crippen molar-refractivity contribution in [1.82, 2.24) is 14.1 Å². The Kier molecular flexibility index (Phi) is 7.62. The Bertz CT molecular complexity index is 737. The van der Waals surface area contributed by atoms with Gasteiger partial charge in [0.1, 0.15) is 5.82 Å². The molecule has 1 unspecified atom stereocenters. The van der Waals surface area contributed by atoms with Gasteiger partial charge < -0.3 is 4.90 Å². The highest BCUT2D eigenvalue weighted by Crippen LogP contribution is 2.21. The third-order valence-corrected chi connectivity index (χ3v) is 6.48. The van der Waals surface area contributed by atoms with E-state index in [0.29, 0.717) is 26.2 Å². The molecule has 0 bridgehead atoms. The van der Waals surface area contributed by atoms with E-state index in [2.05, 4.69) is 4.90 Å². The van der Waals surface area contributed by atoms with Crippen LogP contribution in [0.25, 0.3) is 0 Å². The second kappa shape index (κ2) is 9.32. The summed E-state index contributed by atoms with van der Waals surface area (Å²) in [4.78, 5) is 16.9. The molecule has 1 aromatic rings. The molecule has 0 aromatic heterocycles. The van der Waals surface area contributed by atoms with Gasteiger partial charge in [0.25, 0.3) is 0 Å². The number of carbonyl (C=O) groups excluding carboxylic acids is 1. The van der Waals surface area contributed by atoms with Crippen molar-refractivity contribution in [3.05, 3.63) is 35.6 Å². The summed E-state index contributed by atoms with van der Waals surface area (Å²) < 4.78 is 37.9. The molecule has 2 aliphatic heterocycles. The van der Waals surface area contributed by atoms with E-state index in [9.17, 15) is 17.6 Å². The van der Waals surface area contributed by atoms with E-state index in [4.69, 9.17) is 0 Å². The molecule has 0 radical (unpaired) electrons. The van der Waals surface area contributed by atoms with Gasteiger partial charge in [-0.05, 0) is 30.5 Å². The molecule has 0 N–H and O–H groups in total. The minimum Gasteiger partial charge on any atom is -0.340 e. The summed E-state index contributed by atoms with van der Waals surface area (Å²) in [6.45, 7) is 4.39. The predicted octanol–water partition coefficient (Wildman–Crippen LogP) is 1.56. The molecule has 1 atom stereocenters. The maximum absolute atomic E-state index is 13.0. The number of piperidine rings is 1. The van der Waals surface area contributed by atoms with Crippen LogP contribution in [0.4, 0.5) is 4.39 Å². The van der Waals surface area contributed by atoms with Crippen LogP contribution < -0.4 is 0 Å². The smallest absolute Gasteiger partial charge is 0.227 e. The Morgan fingerprint density at radius 1 is 1.11 bits per heavy atom. The summed E-state index contributed by atoms with van der Waals surface area (Å²) in [5.74, 6) is -0.401. The van der Waals surface area contributed by atoms with Crippen molar-refractivity contribution in [3.63, 3.8) is 0 Å². The normalized spacial score (nSPS) is 22.3. The summed E-state index contributed by atoms with van der Waals surface area (Å²) in [7, 11) is -3.24. The van der Waals surface area contributed by atoms with E-state index in [0.717, 1.165) is 38.0 Å². The Balaban J connectivity index is 0.00000261. The van der Waals surface area contributed by atoms with E-state index in [1.54, 1.807) is 12.1 Å². The van der Waals surface area contributed by atoms with Gasteiger partial charge >= 0.3 is 0 Å². The highest BCUT2D eigenvalue weighted by molar-refractivity contribution is 7.88. The largest absolute Gasteiger partial charge is 0.340 e. The topological polar surface area (TPSA) is 60.9 Å². The molecule has 0 spiro atoms. The monoisotopic (exact) mass is 419 g/mol. The quantitative estimate of drug-likeness (QED) is 0.743. The lowest BCUT2D eigenvalue weighted by atomic mass is 9.97. The summed E-state index contributed by atoms with van der Waals surface area (Å²) >= 11 is 0. The Morgan fingerprint density at radius 3 is 2.33 bits per heavy atom. The second-order valence-corrected chi connectivity index (χ2v) is 9.17. The average molecular weight is 420 g/mol. The Hall–Kier alpha value is -1.22. The number of sulfonamides is 1. The lowest BCUT2D eigenvalue weighted by Crippen LogP contribution is -2.52. The van der Waals surface area contributed by atoms with Crippen molar-refractivity contribution in [2.75, 3.05) is 45.5 Å². The van der Waals surface area contributed by atoms with E-state index < -0.39 is 10.0 Å². The zero-order valence-electron chi connectivity index (χ0n) is 15.5. The predicted molar refractivity (Wildman–Crippen MR) is 105 cm³/mol. The third kappa shape index (κ3) is 5.88. The molecular weight excluding hydrogens is 393 g/mol. The molecule has 9 heteroatoms. The van der Waals surface area contributed by atoms with Crippen LogP contribution in [0, 0.1) is 11.7 Å². The van der Waals surface area contributed by atoms with Gasteiger partial charge in [0.2, 0.25) is 15.9 Å². The zero-order valence-corrected chi connectivity index (χ0v) is 17.1. The molecule has 2 heterocycles. The number of benzene rings is 1. The molecule has 2 saturated heterocycles. The number of hydrogen-bond acceptors (Lipinski definition) is 4. The van der Waals surface area contributed by atoms with Crippen LogP contribution in [0.3, 0.4) is 0 Å². The summed E-state index contributed by atoms with van der Waals surface area (Å²) in [6, 6.07) is 6.50. The van der Waals surface area contributed by atoms with Gasteiger partial charge in [-0.25, -0.2) is 17.1 Å². The fourth-order valence-corrected chi connectivity index (χ4v) is 4.59. The van der Waals surface area contributed by atoms with Gasteiger partial charge in [-0.2, -0.15) is 0 Å². The van der Waals surface area contributed by atoms with Crippen molar-refractivity contribution in [1.29, 1.82) is 0 Å². The number of nitrogens with zero attached hydrogens (tertiary/aromatic N) is 3. The SMILES string of the molecule is CS(=O)(=O)N1CCCC(C(=O)N2CCN(Cc3ccc(F)cc3)CC2)C1.Cl. The van der Waals surface area contributed by atoms with Gasteiger partial charge in [-0.1, -0.05) is 12.1 Å². The molecule has 0 saturated carbocycles. The Labute approximate surface area is 166 Å². The van der Waals surface area contributed by atoms with Crippen molar-refractivity contribution in [2.45, 2.75) is 19.4 Å². The van der Waals surface area contributed by atoms with Crippen LogP contribution in [0.1, 0.15) is 18.4 Å². The first kappa shape index (κ1) is 22.1. The van der Waals surface area contributed by atoms with Crippen molar-refractivity contribution in [2.24, 2.45) is 5.92 Å². The minimum absolute atomic E-state index is 0. The number of piperazine rings is 1. The molecule has 3 rings (SSSR count). The van der Waals surface area contributed by atoms with Gasteiger partial charge in [0, 0.05) is 45.8 Å². The molecule has 27 heavy (non-hydrogen) atoms. The molecule has 6 nitrogen and oxygen atoms in total. The number of amides is 1. The lowest BCUT2D eigenvalue weighted by molar-refractivity contribution is -0.138. The molecule has 152 valence electrons. The first-order chi connectivity index (χ1) is 12.3. The van der Waals surface area contributed by atoms with Crippen molar-refractivity contribution in [3.8, 4) is 0 Å². The maximum atomic E-state index is 13.0. The summed E-state index contributed by atoms with van der Waals surface area (Å²) in [6.07, 6.45) is 2.68. The number of carbonyl (C=O) groups is 1. The summed E-state index contributed by atoms with van der Waals surface area (Å²) in [5.41, 5.74) is 1.06. The molecule has 0 aliphatic carbocycles. The van der Waals surface area contributed by atoms with Crippen LogP contribution in [-0.2, 0) is 21.4 Å². The van der Waals surface area contributed by atoms with Gasteiger partial charge in [0.05, 0.1) is 12.2 Å². The van der Waals surface area contributed by atoms with Crippen LogP contribution in [-0.4, -0.2) is 74.0 Å². The number of hydrogen-bond donors (Lipinski definition) is 0. The fraction of sp³-hybridized carbons (Fsp3) is 0.611. The third-order valence-electron chi connectivity index (χ3n) is 5.21. The van der Waals surface area contributed by atoms with Crippen LogP contribution in [0.2, 0.25) is 0 Å². The van der Waals surface area contributed by atoms with E-state index in [1.165, 1.54) is 22.7 Å². The first-order valence-corrected chi connectivity index (χ1v) is 10.9. The molecule has 2 aliphatic rings. The average Bonchev–Trinajstić information content (AvgIpc) is 2.63. The standard InChI is InChI=1S/C18H26FN3O3S.ClH/c1-26(24,25)22-8-2-3-16(14-22)18(23)21-11-9-20(10-12-21)13-15-4-6-17(19)7-5-15;/h4-7,16H,2-3,8-14H2,1H3;1H. The number of rotatable bonds is 4. The van der Waals surface area contributed by atoms with Crippen LogP contribution >= 0.6 is 12.4 Å². The minimum atomic E-state index is -3.24. The van der Waals surface area contributed by atoms with Crippen LogP contribution in [0.5, 0.6) is 0 Å². The number of halogens is 2. The molecule has 1 amide bonds. The first-order valence-electron chi connectivity index (χ1n) is 9.03. The van der Waals surface area contributed by atoms with E-state index in [-0.39, 0.29) is 30.0 Å². The van der Waals surface area contributed by atoms with E-state index >= 15 is 0 Å². The van der Waals surface area contributed by atoms with Gasteiger partial charge in [0.15, 0.2) is 0 Å². The fourth-order valence-electron chi connectivity index (χ4n) is 3.68. The maximum Gasteiger partial charge on any atom is 0.227 e. The van der Waals surface area contributed by atoms with E-state index in [1.807, 2.05) is 4.90 Å². The lowest BCUT2D eigenvalue weighted by Gasteiger charge is -2.38. The highest BCUT2D eigenvalue weighted by atomic mass is 35.5.